The third kappa shape index (κ3) is 4.57. The van der Waals surface area contributed by atoms with Gasteiger partial charge in [0.05, 0.1) is 17.2 Å². The fourth-order valence-electron chi connectivity index (χ4n) is 2.14. The fourth-order valence-corrected chi connectivity index (χ4v) is 3.39. The van der Waals surface area contributed by atoms with E-state index in [0.717, 1.165) is 25.6 Å². The second-order valence-corrected chi connectivity index (χ2v) is 6.95. The van der Waals surface area contributed by atoms with Gasteiger partial charge < -0.3 is 4.74 Å². The summed E-state index contributed by atoms with van der Waals surface area (Å²) >= 11 is 5.00. The predicted molar refractivity (Wildman–Crippen MR) is 103 cm³/mol. The summed E-state index contributed by atoms with van der Waals surface area (Å²) < 4.78 is 6.86. The van der Waals surface area contributed by atoms with Crippen molar-refractivity contribution in [3.63, 3.8) is 0 Å². The Morgan fingerprint density at radius 2 is 2.04 bits per heavy atom. The van der Waals surface area contributed by atoms with Crippen molar-refractivity contribution in [1.29, 1.82) is 0 Å². The standard InChI is InChI=1S/C17H14BrN5OS/c18-13-7-5-12(6-8-13)15-16(24-11-3-10-21-23-19)22-17(25-15)14-4-1-2-9-20-14/h1-2,4-9H,3,10-11H2. The Hall–Kier alpha value is -2.41. The summed E-state index contributed by atoms with van der Waals surface area (Å²) in [5, 5.41) is 4.32. The molecule has 3 aromatic rings. The van der Waals surface area contributed by atoms with Crippen LogP contribution in [0.4, 0.5) is 0 Å². The van der Waals surface area contributed by atoms with Gasteiger partial charge in [0.2, 0.25) is 5.88 Å². The van der Waals surface area contributed by atoms with Crippen molar-refractivity contribution < 1.29 is 4.74 Å². The minimum Gasteiger partial charge on any atom is -0.477 e. The van der Waals surface area contributed by atoms with Gasteiger partial charge in [-0.2, -0.15) is 4.98 Å². The van der Waals surface area contributed by atoms with E-state index < -0.39 is 0 Å². The van der Waals surface area contributed by atoms with E-state index in [2.05, 4.69) is 35.9 Å². The zero-order chi connectivity index (χ0) is 17.5. The number of hydrogen-bond donors (Lipinski definition) is 0. The molecule has 0 bridgehead atoms. The van der Waals surface area contributed by atoms with Crippen LogP contribution in [0.5, 0.6) is 5.88 Å². The number of ether oxygens (including phenoxy) is 1. The highest BCUT2D eigenvalue weighted by Crippen LogP contribution is 2.39. The SMILES string of the molecule is [N-]=[N+]=NCCCOc1nc(-c2ccccn2)sc1-c1ccc(Br)cc1. The Morgan fingerprint density at radius 3 is 2.76 bits per heavy atom. The van der Waals surface area contributed by atoms with Gasteiger partial charge in [-0.1, -0.05) is 39.2 Å². The normalized spacial score (nSPS) is 10.3. The molecular formula is C17H14BrN5OS. The lowest BCUT2D eigenvalue weighted by Crippen LogP contribution is -2.00. The molecule has 0 aliphatic carbocycles. The molecule has 3 rings (SSSR count). The lowest BCUT2D eigenvalue weighted by molar-refractivity contribution is 0.305. The summed E-state index contributed by atoms with van der Waals surface area (Å²) in [7, 11) is 0. The van der Waals surface area contributed by atoms with Crippen molar-refractivity contribution in [3.8, 4) is 27.0 Å². The fraction of sp³-hybridized carbons (Fsp3) is 0.176. The van der Waals surface area contributed by atoms with Gasteiger partial charge in [0.15, 0.2) is 0 Å². The van der Waals surface area contributed by atoms with Crippen LogP contribution in [0.25, 0.3) is 31.6 Å². The van der Waals surface area contributed by atoms with Gasteiger partial charge in [-0.3, -0.25) is 4.98 Å². The summed E-state index contributed by atoms with van der Waals surface area (Å²) in [5.41, 5.74) is 10.2. The molecule has 0 spiro atoms. The molecule has 0 saturated heterocycles. The summed E-state index contributed by atoms with van der Waals surface area (Å²) in [5.74, 6) is 0.578. The zero-order valence-electron chi connectivity index (χ0n) is 13.2. The van der Waals surface area contributed by atoms with Crippen LogP contribution in [0, 0.1) is 0 Å². The van der Waals surface area contributed by atoms with E-state index in [9.17, 15) is 0 Å². The van der Waals surface area contributed by atoms with Crippen molar-refractivity contribution in [2.75, 3.05) is 13.2 Å². The molecule has 6 nitrogen and oxygen atoms in total. The van der Waals surface area contributed by atoms with Crippen molar-refractivity contribution in [3.05, 3.63) is 63.6 Å². The Kier molecular flexibility index (Phi) is 6.00. The molecule has 0 fully saturated rings. The summed E-state index contributed by atoms with van der Waals surface area (Å²) in [6.07, 6.45) is 2.39. The van der Waals surface area contributed by atoms with Crippen LogP contribution >= 0.6 is 27.3 Å². The minimum atomic E-state index is 0.404. The molecule has 0 atom stereocenters. The number of azide groups is 1. The first kappa shape index (κ1) is 17.4. The molecule has 0 aliphatic heterocycles. The first-order valence-corrected chi connectivity index (χ1v) is 9.20. The summed E-state index contributed by atoms with van der Waals surface area (Å²) in [4.78, 5) is 12.7. The maximum Gasteiger partial charge on any atom is 0.233 e. The van der Waals surface area contributed by atoms with E-state index in [-0.39, 0.29) is 0 Å². The van der Waals surface area contributed by atoms with Gasteiger partial charge in [0.1, 0.15) is 5.01 Å². The van der Waals surface area contributed by atoms with Crippen molar-refractivity contribution in [2.24, 2.45) is 5.11 Å². The van der Waals surface area contributed by atoms with Crippen LogP contribution in [0.15, 0.2) is 58.2 Å². The molecule has 0 aliphatic rings. The monoisotopic (exact) mass is 415 g/mol. The largest absolute Gasteiger partial charge is 0.477 e. The number of pyridine rings is 1. The van der Waals surface area contributed by atoms with E-state index in [0.29, 0.717) is 25.5 Å². The van der Waals surface area contributed by atoms with Gasteiger partial charge in [0, 0.05) is 22.1 Å². The molecule has 1 aromatic carbocycles. The molecule has 0 N–H and O–H groups in total. The maximum atomic E-state index is 8.32. The average molecular weight is 416 g/mol. The Labute approximate surface area is 157 Å². The second kappa shape index (κ2) is 8.62. The molecule has 25 heavy (non-hydrogen) atoms. The smallest absolute Gasteiger partial charge is 0.233 e. The first-order valence-electron chi connectivity index (χ1n) is 7.60. The number of rotatable bonds is 7. The van der Waals surface area contributed by atoms with E-state index in [1.807, 2.05) is 42.5 Å². The molecule has 0 saturated carbocycles. The first-order chi connectivity index (χ1) is 12.3. The van der Waals surface area contributed by atoms with Crippen molar-refractivity contribution in [2.45, 2.75) is 6.42 Å². The second-order valence-electron chi connectivity index (χ2n) is 5.03. The molecule has 0 unspecified atom stereocenters. The van der Waals surface area contributed by atoms with Crippen LogP contribution in [-0.2, 0) is 0 Å². The van der Waals surface area contributed by atoms with Crippen LogP contribution in [0.2, 0.25) is 0 Å². The highest BCUT2D eigenvalue weighted by atomic mass is 79.9. The minimum absolute atomic E-state index is 0.404. The third-order valence-corrected chi connectivity index (χ3v) is 4.93. The molecule has 0 radical (unpaired) electrons. The maximum absolute atomic E-state index is 8.32. The topological polar surface area (TPSA) is 83.8 Å². The Morgan fingerprint density at radius 1 is 1.20 bits per heavy atom. The Balaban J connectivity index is 1.89. The number of aromatic nitrogens is 2. The van der Waals surface area contributed by atoms with E-state index >= 15 is 0 Å². The quantitative estimate of drug-likeness (QED) is 0.214. The molecule has 2 aromatic heterocycles. The number of nitrogens with zero attached hydrogens (tertiary/aromatic N) is 5. The average Bonchev–Trinajstić information content (AvgIpc) is 3.07. The highest BCUT2D eigenvalue weighted by molar-refractivity contribution is 9.10. The van der Waals surface area contributed by atoms with Gasteiger partial charge in [-0.25, -0.2) is 0 Å². The van der Waals surface area contributed by atoms with Crippen molar-refractivity contribution >= 4 is 27.3 Å². The van der Waals surface area contributed by atoms with Gasteiger partial charge >= 0.3 is 0 Å². The van der Waals surface area contributed by atoms with E-state index in [1.54, 1.807) is 17.5 Å². The third-order valence-electron chi connectivity index (χ3n) is 3.29. The van der Waals surface area contributed by atoms with Crippen LogP contribution in [-0.4, -0.2) is 23.1 Å². The number of thiazole rings is 1. The lowest BCUT2D eigenvalue weighted by Gasteiger charge is -2.05. The number of benzene rings is 1. The number of hydrogen-bond acceptors (Lipinski definition) is 5. The molecule has 0 amide bonds. The molecular weight excluding hydrogens is 402 g/mol. The molecule has 8 heteroatoms. The van der Waals surface area contributed by atoms with Crippen LogP contribution in [0.3, 0.4) is 0 Å². The zero-order valence-corrected chi connectivity index (χ0v) is 15.6. The van der Waals surface area contributed by atoms with Crippen LogP contribution in [0.1, 0.15) is 6.42 Å². The van der Waals surface area contributed by atoms with Gasteiger partial charge in [-0.15, -0.1) is 11.3 Å². The molecule has 2 heterocycles. The van der Waals surface area contributed by atoms with Crippen LogP contribution < -0.4 is 4.74 Å². The molecule has 126 valence electrons. The highest BCUT2D eigenvalue weighted by Gasteiger charge is 2.16. The van der Waals surface area contributed by atoms with Gasteiger partial charge in [0.25, 0.3) is 0 Å². The Bertz CT molecular complexity index is 876. The van der Waals surface area contributed by atoms with E-state index in [1.165, 1.54) is 0 Å². The summed E-state index contributed by atoms with van der Waals surface area (Å²) in [6, 6.07) is 13.8. The van der Waals surface area contributed by atoms with E-state index in [4.69, 9.17) is 10.3 Å². The predicted octanol–water partition coefficient (Wildman–Crippen LogP) is 5.71. The van der Waals surface area contributed by atoms with Gasteiger partial charge in [-0.05, 0) is 41.8 Å². The summed E-state index contributed by atoms with van der Waals surface area (Å²) in [6.45, 7) is 0.843. The van der Waals surface area contributed by atoms with Crippen molar-refractivity contribution in [1.82, 2.24) is 9.97 Å². The lowest BCUT2D eigenvalue weighted by atomic mass is 10.2. The number of halogens is 1.